The van der Waals surface area contributed by atoms with Gasteiger partial charge in [-0.15, -0.1) is 0 Å². The molecule has 2 unspecified atom stereocenters. The lowest BCUT2D eigenvalue weighted by Crippen LogP contribution is -2.15. The molecule has 0 saturated heterocycles. The van der Waals surface area contributed by atoms with Crippen molar-refractivity contribution in [3.05, 3.63) is 39.7 Å². The minimum atomic E-state index is -0.536. The van der Waals surface area contributed by atoms with E-state index in [9.17, 15) is 14.5 Å². The molecule has 0 amide bonds. The van der Waals surface area contributed by atoms with Crippen LogP contribution in [-0.2, 0) is 6.42 Å². The molecule has 0 spiro atoms. The third-order valence-electron chi connectivity index (χ3n) is 3.72. The number of alkyl halides is 1. The number of halogens is 2. The third kappa shape index (κ3) is 4.00. The van der Waals surface area contributed by atoms with Gasteiger partial charge in [0.25, 0.3) is 5.69 Å². The van der Waals surface area contributed by atoms with Crippen LogP contribution in [0.15, 0.2) is 18.2 Å². The number of rotatable bonds is 3. The van der Waals surface area contributed by atoms with Crippen molar-refractivity contribution in [3.63, 3.8) is 0 Å². The van der Waals surface area contributed by atoms with Gasteiger partial charge in [0.05, 0.1) is 11.0 Å². The predicted molar refractivity (Wildman–Crippen MR) is 76.0 cm³/mol. The van der Waals surface area contributed by atoms with E-state index < -0.39 is 10.7 Å². The van der Waals surface area contributed by atoms with Gasteiger partial charge in [-0.1, -0.05) is 35.2 Å². The number of benzene rings is 1. The van der Waals surface area contributed by atoms with Crippen LogP contribution >= 0.6 is 15.9 Å². The summed E-state index contributed by atoms with van der Waals surface area (Å²) >= 11 is 3.70. The van der Waals surface area contributed by atoms with Gasteiger partial charge in [0.15, 0.2) is 0 Å². The van der Waals surface area contributed by atoms with Crippen molar-refractivity contribution in [1.29, 1.82) is 0 Å². The lowest BCUT2D eigenvalue weighted by molar-refractivity contribution is -0.385. The minimum Gasteiger partial charge on any atom is -0.258 e. The normalized spacial score (nSPS) is 23.9. The van der Waals surface area contributed by atoms with Gasteiger partial charge in [0.1, 0.15) is 5.82 Å². The van der Waals surface area contributed by atoms with Crippen LogP contribution in [-0.4, -0.2) is 9.75 Å². The topological polar surface area (TPSA) is 43.1 Å². The van der Waals surface area contributed by atoms with Crippen LogP contribution in [0.1, 0.15) is 37.7 Å². The summed E-state index contributed by atoms with van der Waals surface area (Å²) in [6.07, 6.45) is 6.57. The van der Waals surface area contributed by atoms with Crippen molar-refractivity contribution < 1.29 is 9.31 Å². The molecular weight excluding hydrogens is 313 g/mol. The maximum atomic E-state index is 13.4. The van der Waals surface area contributed by atoms with Crippen LogP contribution in [0.4, 0.5) is 10.1 Å². The Balaban J connectivity index is 2.15. The summed E-state index contributed by atoms with van der Waals surface area (Å²) in [6, 6.07) is 3.88. The monoisotopic (exact) mass is 329 g/mol. The molecule has 2 atom stereocenters. The first-order valence-corrected chi connectivity index (χ1v) is 7.56. The second-order valence-corrected chi connectivity index (χ2v) is 6.37. The molecular formula is C14H17BrFNO2. The fraction of sp³-hybridized carbons (Fsp3) is 0.571. The number of nitrogens with zero attached hydrogens (tertiary/aromatic N) is 1. The van der Waals surface area contributed by atoms with Gasteiger partial charge in [-0.25, -0.2) is 4.39 Å². The van der Waals surface area contributed by atoms with Gasteiger partial charge in [-0.3, -0.25) is 10.1 Å². The van der Waals surface area contributed by atoms with Crippen molar-refractivity contribution in [3.8, 4) is 0 Å². The van der Waals surface area contributed by atoms with E-state index in [2.05, 4.69) is 15.9 Å². The largest absolute Gasteiger partial charge is 0.272 e. The highest BCUT2D eigenvalue weighted by Crippen LogP contribution is 2.32. The molecule has 19 heavy (non-hydrogen) atoms. The van der Waals surface area contributed by atoms with Crippen molar-refractivity contribution in [1.82, 2.24) is 0 Å². The summed E-state index contributed by atoms with van der Waals surface area (Å²) in [4.78, 5) is 10.6. The summed E-state index contributed by atoms with van der Waals surface area (Å²) in [6.45, 7) is 0. The lowest BCUT2D eigenvalue weighted by atomic mass is 9.92. The standard InChI is InChI=1S/C14H17BrFNO2/c15-14-5-3-1-2-4-11(14)6-10-7-12(16)9-13(8-10)17(18)19/h7-9,11,14H,1-6H2. The first-order chi connectivity index (χ1) is 9.06. The minimum absolute atomic E-state index is 0.158. The molecule has 3 nitrogen and oxygen atoms in total. The zero-order chi connectivity index (χ0) is 13.8. The number of nitro groups is 1. The van der Waals surface area contributed by atoms with E-state index in [0.717, 1.165) is 24.5 Å². The molecule has 5 heteroatoms. The van der Waals surface area contributed by atoms with Crippen LogP contribution in [0, 0.1) is 21.8 Å². The number of non-ortho nitro benzene ring substituents is 1. The Bertz CT molecular complexity index is 467. The smallest absolute Gasteiger partial charge is 0.258 e. The Morgan fingerprint density at radius 2 is 2.00 bits per heavy atom. The summed E-state index contributed by atoms with van der Waals surface area (Å²) in [5.74, 6) is -0.0900. The lowest BCUT2D eigenvalue weighted by Gasteiger charge is -2.19. The highest BCUT2D eigenvalue weighted by Gasteiger charge is 2.22. The fourth-order valence-corrected chi connectivity index (χ4v) is 3.50. The van der Waals surface area contributed by atoms with Gasteiger partial charge in [0.2, 0.25) is 0 Å². The molecule has 1 aromatic rings. The number of hydrogen-bond acceptors (Lipinski definition) is 2. The Labute approximate surface area is 120 Å². The van der Waals surface area contributed by atoms with E-state index in [1.54, 1.807) is 0 Å². The van der Waals surface area contributed by atoms with E-state index in [4.69, 9.17) is 0 Å². The molecule has 2 rings (SSSR count). The maximum Gasteiger partial charge on any atom is 0.272 e. The van der Waals surface area contributed by atoms with Crippen molar-refractivity contribution in [2.45, 2.75) is 43.4 Å². The van der Waals surface area contributed by atoms with Crippen LogP contribution in [0.5, 0.6) is 0 Å². The average Bonchev–Trinajstić information content (AvgIpc) is 2.54. The van der Waals surface area contributed by atoms with E-state index in [1.807, 2.05) is 0 Å². The van der Waals surface area contributed by atoms with Gasteiger partial charge in [0, 0.05) is 10.9 Å². The summed E-state index contributed by atoms with van der Waals surface area (Å²) in [5.41, 5.74) is 0.567. The number of hydrogen-bond donors (Lipinski definition) is 0. The highest BCUT2D eigenvalue weighted by molar-refractivity contribution is 9.09. The number of nitro benzene ring substituents is 1. The molecule has 0 bridgehead atoms. The Morgan fingerprint density at radius 3 is 2.74 bits per heavy atom. The van der Waals surface area contributed by atoms with Crippen LogP contribution in [0.25, 0.3) is 0 Å². The predicted octanol–water partition coefficient (Wildman–Crippen LogP) is 4.62. The maximum absolute atomic E-state index is 13.4. The highest BCUT2D eigenvalue weighted by atomic mass is 79.9. The van der Waals surface area contributed by atoms with E-state index in [-0.39, 0.29) is 5.69 Å². The summed E-state index contributed by atoms with van der Waals surface area (Å²) in [5, 5.41) is 10.7. The fourth-order valence-electron chi connectivity index (χ4n) is 2.73. The second-order valence-electron chi connectivity index (χ2n) is 5.19. The molecule has 1 aromatic carbocycles. The molecule has 1 aliphatic carbocycles. The van der Waals surface area contributed by atoms with E-state index in [0.29, 0.717) is 17.2 Å². The second kappa shape index (κ2) is 6.46. The van der Waals surface area contributed by atoms with Crippen LogP contribution in [0.3, 0.4) is 0 Å². The average molecular weight is 330 g/mol. The molecule has 0 aliphatic heterocycles. The molecule has 1 aliphatic rings. The zero-order valence-electron chi connectivity index (χ0n) is 10.6. The molecule has 0 N–H and O–H groups in total. The first kappa shape index (κ1) is 14.4. The molecule has 1 fully saturated rings. The summed E-state index contributed by atoms with van der Waals surface area (Å²) in [7, 11) is 0. The van der Waals surface area contributed by atoms with Gasteiger partial charge >= 0.3 is 0 Å². The molecule has 0 radical (unpaired) electrons. The molecule has 0 aromatic heterocycles. The Morgan fingerprint density at radius 1 is 1.26 bits per heavy atom. The quantitative estimate of drug-likeness (QED) is 0.351. The van der Waals surface area contributed by atoms with Gasteiger partial charge in [-0.05, 0) is 36.8 Å². The third-order valence-corrected chi connectivity index (χ3v) is 4.92. The van der Waals surface area contributed by atoms with Gasteiger partial charge < -0.3 is 0 Å². The molecule has 104 valence electrons. The van der Waals surface area contributed by atoms with Crippen LogP contribution < -0.4 is 0 Å². The Kier molecular flexibility index (Phi) is 4.91. The first-order valence-electron chi connectivity index (χ1n) is 6.64. The molecule has 0 heterocycles. The van der Waals surface area contributed by atoms with Gasteiger partial charge in [-0.2, -0.15) is 0 Å². The van der Waals surface area contributed by atoms with E-state index in [1.165, 1.54) is 31.4 Å². The zero-order valence-corrected chi connectivity index (χ0v) is 12.2. The van der Waals surface area contributed by atoms with Crippen molar-refractivity contribution >= 4 is 21.6 Å². The summed E-state index contributed by atoms with van der Waals surface area (Å²) < 4.78 is 13.4. The SMILES string of the molecule is O=[N+]([O-])c1cc(F)cc(CC2CCCCCC2Br)c1. The molecule has 1 saturated carbocycles. The van der Waals surface area contributed by atoms with Crippen molar-refractivity contribution in [2.75, 3.05) is 0 Å². The van der Waals surface area contributed by atoms with E-state index >= 15 is 0 Å². The Hall–Kier alpha value is -0.970. The van der Waals surface area contributed by atoms with Crippen LogP contribution in [0.2, 0.25) is 0 Å². The van der Waals surface area contributed by atoms with Crippen molar-refractivity contribution in [2.24, 2.45) is 5.92 Å².